The Morgan fingerprint density at radius 3 is 3.00 bits per heavy atom. The predicted molar refractivity (Wildman–Crippen MR) is 74.9 cm³/mol. The van der Waals surface area contributed by atoms with Crippen molar-refractivity contribution in [2.24, 2.45) is 0 Å². The van der Waals surface area contributed by atoms with Gasteiger partial charge in [0.15, 0.2) is 0 Å². The number of nitrogens with zero attached hydrogens (tertiary/aromatic N) is 3. The molecule has 0 aliphatic carbocycles. The molecule has 0 atom stereocenters. The molecule has 19 heavy (non-hydrogen) atoms. The quantitative estimate of drug-likeness (QED) is 0.676. The van der Waals surface area contributed by atoms with Crippen molar-refractivity contribution < 1.29 is 4.92 Å². The standard InChI is InChI=1S/C12H13BrN4O2/c1-14-5-9-6-15-16(7-9)8-10-3-2-4-11(12(10)13)17(18)19/h2-4,6-7,14H,5,8H2,1H3. The van der Waals surface area contributed by atoms with Crippen molar-refractivity contribution in [1.29, 1.82) is 0 Å². The molecule has 0 saturated heterocycles. The highest BCUT2D eigenvalue weighted by Gasteiger charge is 2.15. The van der Waals surface area contributed by atoms with Gasteiger partial charge in [-0.1, -0.05) is 12.1 Å². The van der Waals surface area contributed by atoms with Crippen LogP contribution in [0.2, 0.25) is 0 Å². The van der Waals surface area contributed by atoms with Crippen LogP contribution in [0.1, 0.15) is 11.1 Å². The normalized spacial score (nSPS) is 10.6. The zero-order chi connectivity index (χ0) is 13.8. The van der Waals surface area contributed by atoms with Crippen molar-refractivity contribution in [1.82, 2.24) is 15.1 Å². The van der Waals surface area contributed by atoms with E-state index in [-0.39, 0.29) is 5.69 Å². The van der Waals surface area contributed by atoms with Gasteiger partial charge >= 0.3 is 0 Å². The van der Waals surface area contributed by atoms with E-state index in [4.69, 9.17) is 0 Å². The molecule has 0 saturated carbocycles. The largest absolute Gasteiger partial charge is 0.316 e. The smallest absolute Gasteiger partial charge is 0.283 e. The first-order chi connectivity index (χ1) is 9.11. The van der Waals surface area contributed by atoms with Gasteiger partial charge in [-0.2, -0.15) is 5.10 Å². The molecule has 0 amide bonds. The van der Waals surface area contributed by atoms with Crippen LogP contribution in [0.3, 0.4) is 0 Å². The number of nitro benzene ring substituents is 1. The molecule has 0 unspecified atom stereocenters. The van der Waals surface area contributed by atoms with Crippen LogP contribution >= 0.6 is 15.9 Å². The second kappa shape index (κ2) is 5.94. The highest BCUT2D eigenvalue weighted by molar-refractivity contribution is 9.10. The minimum absolute atomic E-state index is 0.0695. The van der Waals surface area contributed by atoms with Gasteiger partial charge in [0.1, 0.15) is 4.47 Å². The van der Waals surface area contributed by atoms with Crippen molar-refractivity contribution in [2.75, 3.05) is 7.05 Å². The van der Waals surface area contributed by atoms with Crippen molar-refractivity contribution in [3.05, 3.63) is 56.3 Å². The van der Waals surface area contributed by atoms with E-state index < -0.39 is 4.92 Å². The van der Waals surface area contributed by atoms with Crippen LogP contribution < -0.4 is 5.32 Å². The van der Waals surface area contributed by atoms with Crippen LogP contribution in [0.4, 0.5) is 5.69 Å². The molecule has 0 fully saturated rings. The maximum atomic E-state index is 10.9. The number of rotatable bonds is 5. The molecule has 7 heteroatoms. The molecular weight excluding hydrogens is 312 g/mol. The van der Waals surface area contributed by atoms with E-state index in [2.05, 4.69) is 26.3 Å². The molecule has 1 aromatic carbocycles. The van der Waals surface area contributed by atoms with E-state index >= 15 is 0 Å². The molecule has 0 bridgehead atoms. The van der Waals surface area contributed by atoms with Gasteiger partial charge in [-0.05, 0) is 28.5 Å². The first-order valence-electron chi connectivity index (χ1n) is 5.69. The van der Waals surface area contributed by atoms with E-state index in [1.54, 1.807) is 16.9 Å². The summed E-state index contributed by atoms with van der Waals surface area (Å²) in [6, 6.07) is 5.00. The van der Waals surface area contributed by atoms with E-state index in [0.717, 1.165) is 17.7 Å². The highest BCUT2D eigenvalue weighted by atomic mass is 79.9. The van der Waals surface area contributed by atoms with Crippen LogP contribution in [-0.4, -0.2) is 21.8 Å². The lowest BCUT2D eigenvalue weighted by molar-refractivity contribution is -0.385. The molecule has 1 aromatic heterocycles. The third kappa shape index (κ3) is 3.18. The van der Waals surface area contributed by atoms with Gasteiger partial charge in [-0.25, -0.2) is 0 Å². The van der Waals surface area contributed by atoms with Crippen molar-refractivity contribution >= 4 is 21.6 Å². The van der Waals surface area contributed by atoms with Crippen molar-refractivity contribution in [2.45, 2.75) is 13.1 Å². The van der Waals surface area contributed by atoms with Crippen LogP contribution in [0.5, 0.6) is 0 Å². The number of nitrogens with one attached hydrogen (secondary N) is 1. The molecule has 0 radical (unpaired) electrons. The Hall–Kier alpha value is -1.73. The summed E-state index contributed by atoms with van der Waals surface area (Å²) < 4.78 is 2.27. The minimum atomic E-state index is -0.400. The lowest BCUT2D eigenvalue weighted by atomic mass is 10.2. The summed E-state index contributed by atoms with van der Waals surface area (Å²) in [6.45, 7) is 1.24. The van der Waals surface area contributed by atoms with Crippen molar-refractivity contribution in [3.8, 4) is 0 Å². The third-order valence-corrected chi connectivity index (χ3v) is 3.57. The van der Waals surface area contributed by atoms with Crippen LogP contribution in [0.25, 0.3) is 0 Å². The third-order valence-electron chi connectivity index (χ3n) is 2.65. The summed E-state index contributed by atoms with van der Waals surface area (Å²) in [5.74, 6) is 0. The van der Waals surface area contributed by atoms with E-state index in [0.29, 0.717) is 11.0 Å². The molecule has 1 heterocycles. The number of benzene rings is 1. The topological polar surface area (TPSA) is 73.0 Å². The Morgan fingerprint density at radius 1 is 1.53 bits per heavy atom. The van der Waals surface area contributed by atoms with Crippen LogP contribution in [0, 0.1) is 10.1 Å². The van der Waals surface area contributed by atoms with Crippen LogP contribution in [-0.2, 0) is 13.1 Å². The maximum Gasteiger partial charge on any atom is 0.283 e. The maximum absolute atomic E-state index is 10.9. The van der Waals surface area contributed by atoms with Gasteiger partial charge in [0.05, 0.1) is 17.7 Å². The highest BCUT2D eigenvalue weighted by Crippen LogP contribution is 2.28. The predicted octanol–water partition coefficient (Wildman–Crippen LogP) is 2.32. The first kappa shape index (κ1) is 13.7. The number of nitro groups is 1. The number of hydrogen-bond donors (Lipinski definition) is 1. The number of aromatic nitrogens is 2. The zero-order valence-electron chi connectivity index (χ0n) is 10.3. The zero-order valence-corrected chi connectivity index (χ0v) is 11.9. The SMILES string of the molecule is CNCc1cnn(Cc2cccc([N+](=O)[O-])c2Br)c1. The fourth-order valence-corrected chi connectivity index (χ4v) is 2.33. The van der Waals surface area contributed by atoms with E-state index in [1.165, 1.54) is 6.07 Å². The molecule has 6 nitrogen and oxygen atoms in total. The summed E-state index contributed by atoms with van der Waals surface area (Å²) >= 11 is 3.28. The monoisotopic (exact) mass is 324 g/mol. The Balaban J connectivity index is 2.23. The van der Waals surface area contributed by atoms with Gasteiger partial charge in [-0.15, -0.1) is 0 Å². The van der Waals surface area contributed by atoms with E-state index in [1.807, 2.05) is 19.3 Å². The second-order valence-electron chi connectivity index (χ2n) is 4.08. The summed E-state index contributed by atoms with van der Waals surface area (Å²) in [7, 11) is 1.87. The van der Waals surface area contributed by atoms with Gasteiger partial charge in [-0.3, -0.25) is 14.8 Å². The molecule has 0 aliphatic rings. The Kier molecular flexibility index (Phi) is 4.28. The van der Waals surface area contributed by atoms with Gasteiger partial charge in [0.25, 0.3) is 5.69 Å². The molecular formula is C12H13BrN4O2. The van der Waals surface area contributed by atoms with Gasteiger partial charge < -0.3 is 5.32 Å². The number of halogens is 1. The second-order valence-corrected chi connectivity index (χ2v) is 4.88. The Morgan fingerprint density at radius 2 is 2.32 bits per heavy atom. The van der Waals surface area contributed by atoms with E-state index in [9.17, 15) is 10.1 Å². The average molecular weight is 325 g/mol. The molecule has 1 N–H and O–H groups in total. The minimum Gasteiger partial charge on any atom is -0.316 e. The average Bonchev–Trinajstić information content (AvgIpc) is 2.79. The van der Waals surface area contributed by atoms with Crippen molar-refractivity contribution in [3.63, 3.8) is 0 Å². The summed E-state index contributed by atoms with van der Waals surface area (Å²) in [6.07, 6.45) is 3.70. The fraction of sp³-hybridized carbons (Fsp3) is 0.250. The van der Waals surface area contributed by atoms with Gasteiger partial charge in [0, 0.05) is 24.4 Å². The lowest BCUT2D eigenvalue weighted by Gasteiger charge is -2.05. The summed E-state index contributed by atoms with van der Waals surface area (Å²) in [4.78, 5) is 10.5. The first-order valence-corrected chi connectivity index (χ1v) is 6.49. The molecule has 0 aliphatic heterocycles. The fourth-order valence-electron chi connectivity index (χ4n) is 1.79. The molecule has 0 spiro atoms. The molecule has 100 valence electrons. The summed E-state index contributed by atoms with van der Waals surface area (Å²) in [5, 5.41) is 18.1. The Bertz CT molecular complexity index is 597. The van der Waals surface area contributed by atoms with Crippen LogP contribution in [0.15, 0.2) is 35.1 Å². The molecule has 2 aromatic rings. The Labute approximate surface area is 118 Å². The summed E-state index contributed by atoms with van der Waals surface area (Å²) in [5.41, 5.74) is 1.97. The number of hydrogen-bond acceptors (Lipinski definition) is 4. The molecule has 2 rings (SSSR count). The van der Waals surface area contributed by atoms with Gasteiger partial charge in [0.2, 0.25) is 0 Å². The lowest BCUT2D eigenvalue weighted by Crippen LogP contribution is -2.04.